The molecule has 272 valence electrons. The maximum absolute atomic E-state index is 13.6. The number of hydrogen-bond donors (Lipinski definition) is 3. The largest absolute Gasteiger partial charge is 0.488 e. The van der Waals surface area contributed by atoms with Crippen LogP contribution in [0.2, 0.25) is 0 Å². The molecule has 2 fully saturated rings. The summed E-state index contributed by atoms with van der Waals surface area (Å²) < 4.78 is 40.6. The van der Waals surface area contributed by atoms with Crippen LogP contribution in [0.3, 0.4) is 0 Å². The van der Waals surface area contributed by atoms with Gasteiger partial charge >= 0.3 is 7.12 Å². The second-order valence-electron chi connectivity index (χ2n) is 12.8. The van der Waals surface area contributed by atoms with Gasteiger partial charge in [-0.1, -0.05) is 42.5 Å². The highest BCUT2D eigenvalue weighted by Gasteiger charge is 2.29. The number of hydrogen-bond acceptors (Lipinski definition) is 12. The average molecular weight is 730 g/mol. The first-order valence-electron chi connectivity index (χ1n) is 16.9. The number of piperazine rings is 1. The Hall–Kier alpha value is -5.00. The summed E-state index contributed by atoms with van der Waals surface area (Å²) in [5, 5.41) is 31.1. The molecule has 2 aliphatic rings. The molecule has 0 saturated carbocycles. The molecule has 0 radical (unpaired) electrons. The predicted molar refractivity (Wildman–Crippen MR) is 197 cm³/mol. The van der Waals surface area contributed by atoms with Gasteiger partial charge in [0, 0.05) is 76.8 Å². The Labute approximate surface area is 302 Å². The number of benzene rings is 4. The summed E-state index contributed by atoms with van der Waals surface area (Å²) in [5.41, 5.74) is 2.02. The number of anilines is 2. The Bertz CT molecular complexity index is 2000. The minimum absolute atomic E-state index is 0.00413. The zero-order valence-corrected chi connectivity index (χ0v) is 29.4. The number of carbonyl (C=O) groups excluding carboxylic acids is 1. The quantitative estimate of drug-likeness (QED) is 0.111. The van der Waals surface area contributed by atoms with E-state index in [1.807, 2.05) is 12.1 Å². The number of carbonyl (C=O) groups is 1. The summed E-state index contributed by atoms with van der Waals surface area (Å²) in [5.74, 6) is -0.377. The lowest BCUT2D eigenvalue weighted by Gasteiger charge is -2.36. The van der Waals surface area contributed by atoms with Gasteiger partial charge in [0.25, 0.3) is 21.6 Å². The van der Waals surface area contributed by atoms with Crippen LogP contribution in [-0.4, -0.2) is 93.8 Å². The molecule has 2 heterocycles. The minimum atomic E-state index is -4.53. The van der Waals surface area contributed by atoms with Crippen molar-refractivity contribution in [3.63, 3.8) is 0 Å². The summed E-state index contributed by atoms with van der Waals surface area (Å²) in [7, 11) is -4.33. The molecule has 4 aromatic rings. The van der Waals surface area contributed by atoms with E-state index in [0.29, 0.717) is 56.9 Å². The van der Waals surface area contributed by atoms with E-state index >= 15 is 0 Å². The van der Waals surface area contributed by atoms with Crippen molar-refractivity contribution in [3.05, 3.63) is 112 Å². The van der Waals surface area contributed by atoms with Gasteiger partial charge in [-0.25, -0.2) is 13.1 Å². The lowest BCUT2D eigenvalue weighted by Crippen LogP contribution is -2.46. The van der Waals surface area contributed by atoms with E-state index in [0.717, 1.165) is 30.4 Å². The van der Waals surface area contributed by atoms with Gasteiger partial charge in [0.15, 0.2) is 0 Å². The van der Waals surface area contributed by atoms with Gasteiger partial charge in [-0.3, -0.25) is 19.8 Å². The molecule has 0 atom stereocenters. The van der Waals surface area contributed by atoms with Gasteiger partial charge in [-0.2, -0.15) is 0 Å². The maximum Gasteiger partial charge on any atom is 0.488 e. The van der Waals surface area contributed by atoms with Gasteiger partial charge in [0.2, 0.25) is 0 Å². The fraction of sp³-hybridized carbons (Fsp3) is 0.306. The molecule has 0 bridgehead atoms. The number of amides is 1. The number of nitro benzene ring substituents is 1. The van der Waals surface area contributed by atoms with Crippen LogP contribution >= 0.6 is 0 Å². The molecule has 0 aliphatic carbocycles. The molecule has 52 heavy (non-hydrogen) atoms. The van der Waals surface area contributed by atoms with Crippen molar-refractivity contribution in [1.29, 1.82) is 0 Å². The zero-order valence-electron chi connectivity index (χ0n) is 28.6. The molecule has 2 saturated heterocycles. The smallest absolute Gasteiger partial charge is 0.456 e. The summed E-state index contributed by atoms with van der Waals surface area (Å²) in [6.45, 7) is 4.46. The standard InChI is InChI=1S/C36H40BN5O9S/c1-39(28-14-20-50-21-15-28)33-13-11-31(24-34(33)42(46)47)52(48,49)38-36(43)32-12-10-29(23-35(32)51-30-8-3-2-4-9-30)41-18-16-40(17-19-41)25-26-6-5-7-27(22-26)37(44)45/h2-13,22-24,28,44-45H,14-21,25H2,1H3,(H,38,43). The highest BCUT2D eigenvalue weighted by molar-refractivity contribution is 7.90. The Morgan fingerprint density at radius 2 is 1.71 bits per heavy atom. The second kappa shape index (κ2) is 16.1. The van der Waals surface area contributed by atoms with E-state index in [1.54, 1.807) is 66.5 Å². The first kappa shape index (κ1) is 36.8. The van der Waals surface area contributed by atoms with Crippen LogP contribution in [0.25, 0.3) is 0 Å². The molecule has 2 aliphatic heterocycles. The number of rotatable bonds is 12. The highest BCUT2D eigenvalue weighted by Crippen LogP contribution is 2.34. The number of nitrogens with one attached hydrogen (secondary N) is 1. The SMILES string of the molecule is CN(c1ccc(S(=O)(=O)NC(=O)c2ccc(N3CCN(Cc4cccc(B(O)O)c4)CC3)cc2Oc2ccccc2)cc1[N+](=O)[O-])C1CCOCC1. The number of sulfonamides is 1. The third-order valence-corrected chi connectivity index (χ3v) is 10.7. The molecule has 0 unspecified atom stereocenters. The number of ether oxygens (including phenoxy) is 2. The van der Waals surface area contributed by atoms with Crippen molar-refractivity contribution < 1.29 is 37.7 Å². The zero-order chi connectivity index (χ0) is 36.8. The molecule has 4 aromatic carbocycles. The lowest BCUT2D eigenvalue weighted by atomic mass is 9.79. The third-order valence-electron chi connectivity index (χ3n) is 9.37. The minimum Gasteiger partial charge on any atom is -0.456 e. The molecular weight excluding hydrogens is 689 g/mol. The van der Waals surface area contributed by atoms with Crippen LogP contribution in [0.15, 0.2) is 95.9 Å². The molecule has 0 spiro atoms. The van der Waals surface area contributed by atoms with Crippen LogP contribution in [0.1, 0.15) is 28.8 Å². The van der Waals surface area contributed by atoms with Crippen LogP contribution in [0, 0.1) is 10.1 Å². The van der Waals surface area contributed by atoms with Crippen LogP contribution < -0.4 is 24.7 Å². The fourth-order valence-corrected chi connectivity index (χ4v) is 7.48. The van der Waals surface area contributed by atoms with Gasteiger partial charge in [-0.05, 0) is 60.3 Å². The number of para-hydroxylation sites is 1. The van der Waals surface area contributed by atoms with Gasteiger partial charge < -0.3 is 29.3 Å². The molecule has 1 amide bonds. The molecule has 3 N–H and O–H groups in total. The van der Waals surface area contributed by atoms with E-state index in [-0.39, 0.29) is 28.7 Å². The van der Waals surface area contributed by atoms with Crippen LogP contribution in [-0.2, 0) is 21.3 Å². The van der Waals surface area contributed by atoms with Crippen LogP contribution in [0.4, 0.5) is 17.1 Å². The van der Waals surface area contributed by atoms with Crippen molar-refractivity contribution >= 4 is 45.6 Å². The summed E-state index contributed by atoms with van der Waals surface area (Å²) in [4.78, 5) is 30.8. The Morgan fingerprint density at radius 3 is 2.40 bits per heavy atom. The fourth-order valence-electron chi connectivity index (χ4n) is 6.49. The number of nitro groups is 1. The van der Waals surface area contributed by atoms with Crippen molar-refractivity contribution in [1.82, 2.24) is 9.62 Å². The lowest BCUT2D eigenvalue weighted by molar-refractivity contribution is -0.384. The van der Waals surface area contributed by atoms with E-state index in [2.05, 4.69) is 14.5 Å². The van der Waals surface area contributed by atoms with Crippen molar-refractivity contribution in [2.24, 2.45) is 0 Å². The van der Waals surface area contributed by atoms with Crippen molar-refractivity contribution in [3.8, 4) is 11.5 Å². The Kier molecular flexibility index (Phi) is 11.4. The van der Waals surface area contributed by atoms with Gasteiger partial charge in [0.1, 0.15) is 17.2 Å². The predicted octanol–water partition coefficient (Wildman–Crippen LogP) is 3.12. The van der Waals surface area contributed by atoms with Crippen molar-refractivity contribution in [2.75, 3.05) is 56.2 Å². The van der Waals surface area contributed by atoms with E-state index in [1.165, 1.54) is 18.2 Å². The molecular formula is C36H40BN5O9S. The van der Waals surface area contributed by atoms with E-state index < -0.39 is 32.9 Å². The van der Waals surface area contributed by atoms with Gasteiger partial charge in [-0.15, -0.1) is 0 Å². The third kappa shape index (κ3) is 8.71. The molecule has 6 rings (SSSR count). The van der Waals surface area contributed by atoms with Gasteiger partial charge in [0.05, 0.1) is 15.4 Å². The highest BCUT2D eigenvalue weighted by atomic mass is 32.2. The van der Waals surface area contributed by atoms with Crippen LogP contribution in [0.5, 0.6) is 11.5 Å². The molecule has 14 nitrogen and oxygen atoms in total. The monoisotopic (exact) mass is 729 g/mol. The summed E-state index contributed by atoms with van der Waals surface area (Å²) in [6.07, 6.45) is 1.36. The topological polar surface area (TPSA) is 175 Å². The summed E-state index contributed by atoms with van der Waals surface area (Å²) in [6, 6.07) is 24.5. The maximum atomic E-state index is 13.6. The number of nitrogens with zero attached hydrogens (tertiary/aromatic N) is 4. The Balaban J connectivity index is 1.20. The molecule has 0 aromatic heterocycles. The second-order valence-corrected chi connectivity index (χ2v) is 14.5. The van der Waals surface area contributed by atoms with Crippen molar-refractivity contribution in [2.45, 2.75) is 30.3 Å². The molecule has 16 heteroatoms. The average Bonchev–Trinajstić information content (AvgIpc) is 3.15. The first-order chi connectivity index (χ1) is 25.0. The normalized spacial score (nSPS) is 15.6. The first-order valence-corrected chi connectivity index (χ1v) is 18.4. The van der Waals surface area contributed by atoms with E-state index in [9.17, 15) is 33.4 Å². The Morgan fingerprint density at radius 1 is 0.981 bits per heavy atom. The summed E-state index contributed by atoms with van der Waals surface area (Å²) >= 11 is 0. The van der Waals surface area contributed by atoms with E-state index in [4.69, 9.17) is 9.47 Å².